The highest BCUT2D eigenvalue weighted by Gasteiger charge is 2.09. The summed E-state index contributed by atoms with van der Waals surface area (Å²) in [6.45, 7) is 0. The number of carboxylic acid groups (broad SMARTS) is 1. The average molecular weight is 272 g/mol. The molecule has 6 heteroatoms. The molecule has 2 aromatic rings. The number of nitrogens with zero attached hydrogens (tertiary/aromatic N) is 1. The highest BCUT2D eigenvalue weighted by molar-refractivity contribution is 6.04. The number of hydrogen-bond acceptors (Lipinski definition) is 4. The predicted molar refractivity (Wildman–Crippen MR) is 72.1 cm³/mol. The molecule has 102 valence electrons. The van der Waals surface area contributed by atoms with Crippen LogP contribution < -0.4 is 10.1 Å². The van der Waals surface area contributed by atoms with Gasteiger partial charge in [0.2, 0.25) is 0 Å². The Hall–Kier alpha value is -2.89. The van der Waals surface area contributed by atoms with Crippen molar-refractivity contribution in [1.82, 2.24) is 4.98 Å². The van der Waals surface area contributed by atoms with Crippen molar-refractivity contribution in [3.05, 3.63) is 53.9 Å². The molecule has 0 saturated heterocycles. The fourth-order valence-corrected chi connectivity index (χ4v) is 1.59. The summed E-state index contributed by atoms with van der Waals surface area (Å²) in [4.78, 5) is 26.6. The van der Waals surface area contributed by atoms with Crippen LogP contribution in [-0.2, 0) is 0 Å². The Morgan fingerprint density at radius 1 is 1.20 bits per heavy atom. The fraction of sp³-hybridized carbons (Fsp3) is 0.0714. The van der Waals surface area contributed by atoms with Crippen LogP contribution in [0.5, 0.6) is 5.75 Å². The molecule has 1 aromatic carbocycles. The number of hydrogen-bond donors (Lipinski definition) is 2. The van der Waals surface area contributed by atoms with Gasteiger partial charge in [-0.3, -0.25) is 9.78 Å². The Kier molecular flexibility index (Phi) is 3.95. The maximum absolute atomic E-state index is 12.0. The monoisotopic (exact) mass is 272 g/mol. The second-order valence-electron chi connectivity index (χ2n) is 3.95. The molecule has 0 unspecified atom stereocenters. The van der Waals surface area contributed by atoms with E-state index in [1.165, 1.54) is 25.6 Å². The zero-order chi connectivity index (χ0) is 14.5. The van der Waals surface area contributed by atoms with Gasteiger partial charge in [0.05, 0.1) is 24.6 Å². The SMILES string of the molecule is COc1cccc(C(=O)Nc2cncc(C(=O)O)c2)c1. The number of pyridine rings is 1. The molecule has 0 atom stereocenters. The van der Waals surface area contributed by atoms with E-state index >= 15 is 0 Å². The number of amides is 1. The highest BCUT2D eigenvalue weighted by atomic mass is 16.5. The van der Waals surface area contributed by atoms with Crippen LogP contribution in [0.25, 0.3) is 0 Å². The van der Waals surface area contributed by atoms with Gasteiger partial charge in [0.1, 0.15) is 5.75 Å². The number of methoxy groups -OCH3 is 1. The van der Waals surface area contributed by atoms with Crippen LogP contribution in [-0.4, -0.2) is 29.1 Å². The molecule has 0 spiro atoms. The summed E-state index contributed by atoms with van der Waals surface area (Å²) in [6.07, 6.45) is 2.59. The van der Waals surface area contributed by atoms with Gasteiger partial charge in [-0.2, -0.15) is 0 Å². The van der Waals surface area contributed by atoms with Gasteiger partial charge in [-0.15, -0.1) is 0 Å². The number of nitrogens with one attached hydrogen (secondary N) is 1. The van der Waals surface area contributed by atoms with Crippen molar-refractivity contribution in [1.29, 1.82) is 0 Å². The summed E-state index contributed by atoms with van der Waals surface area (Å²) >= 11 is 0. The molecule has 0 fully saturated rings. The van der Waals surface area contributed by atoms with Crippen molar-refractivity contribution < 1.29 is 19.4 Å². The van der Waals surface area contributed by atoms with Crippen molar-refractivity contribution >= 4 is 17.6 Å². The van der Waals surface area contributed by atoms with Gasteiger partial charge in [0.15, 0.2) is 0 Å². The average Bonchev–Trinajstić information content (AvgIpc) is 2.47. The van der Waals surface area contributed by atoms with E-state index in [0.717, 1.165) is 0 Å². The summed E-state index contributed by atoms with van der Waals surface area (Å²) in [6, 6.07) is 7.98. The number of ether oxygens (including phenoxy) is 1. The van der Waals surface area contributed by atoms with Gasteiger partial charge in [0, 0.05) is 11.8 Å². The van der Waals surface area contributed by atoms with Crippen LogP contribution in [0.15, 0.2) is 42.7 Å². The predicted octanol–water partition coefficient (Wildman–Crippen LogP) is 2.04. The summed E-state index contributed by atoms with van der Waals surface area (Å²) in [5, 5.41) is 11.4. The second kappa shape index (κ2) is 5.83. The van der Waals surface area contributed by atoms with Gasteiger partial charge in [0.25, 0.3) is 5.91 Å². The Morgan fingerprint density at radius 3 is 2.70 bits per heavy atom. The first kappa shape index (κ1) is 13.5. The van der Waals surface area contributed by atoms with Crippen molar-refractivity contribution in [2.45, 2.75) is 0 Å². The van der Waals surface area contributed by atoms with Crippen LogP contribution in [0, 0.1) is 0 Å². The third-order valence-electron chi connectivity index (χ3n) is 2.57. The zero-order valence-corrected chi connectivity index (χ0v) is 10.7. The molecule has 2 rings (SSSR count). The van der Waals surface area contributed by atoms with Gasteiger partial charge in [-0.1, -0.05) is 6.07 Å². The maximum Gasteiger partial charge on any atom is 0.337 e. The maximum atomic E-state index is 12.0. The largest absolute Gasteiger partial charge is 0.497 e. The minimum Gasteiger partial charge on any atom is -0.497 e. The molecule has 1 aromatic heterocycles. The van der Waals surface area contributed by atoms with E-state index in [0.29, 0.717) is 17.0 Å². The lowest BCUT2D eigenvalue weighted by Crippen LogP contribution is -2.12. The zero-order valence-electron chi connectivity index (χ0n) is 10.7. The number of aromatic carboxylic acids is 1. The number of carbonyl (C=O) groups excluding carboxylic acids is 1. The molecule has 2 N–H and O–H groups in total. The van der Waals surface area contributed by atoms with Crippen LogP contribution in [0.3, 0.4) is 0 Å². The van der Waals surface area contributed by atoms with Crippen molar-refractivity contribution in [2.75, 3.05) is 12.4 Å². The third kappa shape index (κ3) is 3.11. The number of carbonyl (C=O) groups is 2. The second-order valence-corrected chi connectivity index (χ2v) is 3.95. The van der Waals surface area contributed by atoms with E-state index in [9.17, 15) is 9.59 Å². The molecule has 0 aliphatic heterocycles. The molecular formula is C14H12N2O4. The number of carboxylic acids is 1. The molecule has 20 heavy (non-hydrogen) atoms. The van der Waals surface area contributed by atoms with Crippen LogP contribution in [0.2, 0.25) is 0 Å². The van der Waals surface area contributed by atoms with Gasteiger partial charge < -0.3 is 15.2 Å². The molecule has 0 radical (unpaired) electrons. The summed E-state index contributed by atoms with van der Waals surface area (Å²) in [5.74, 6) is -0.904. The van der Waals surface area contributed by atoms with Crippen LogP contribution in [0.1, 0.15) is 20.7 Å². The van der Waals surface area contributed by atoms with E-state index in [-0.39, 0.29) is 11.5 Å². The first-order valence-corrected chi connectivity index (χ1v) is 5.74. The van der Waals surface area contributed by atoms with Crippen LogP contribution in [0.4, 0.5) is 5.69 Å². The summed E-state index contributed by atoms with van der Waals surface area (Å²) in [5.41, 5.74) is 0.733. The third-order valence-corrected chi connectivity index (χ3v) is 2.57. The van der Waals surface area contributed by atoms with Gasteiger partial charge >= 0.3 is 5.97 Å². The Labute approximate surface area is 115 Å². The molecule has 0 bridgehead atoms. The van der Waals surface area contributed by atoms with Crippen molar-refractivity contribution in [3.8, 4) is 5.75 Å². The molecular weight excluding hydrogens is 260 g/mol. The van der Waals surface area contributed by atoms with E-state index < -0.39 is 5.97 Å². The lowest BCUT2D eigenvalue weighted by atomic mass is 10.2. The summed E-state index contributed by atoms with van der Waals surface area (Å²) in [7, 11) is 1.51. The molecule has 0 aliphatic rings. The molecule has 6 nitrogen and oxygen atoms in total. The van der Waals surface area contributed by atoms with Crippen molar-refractivity contribution in [2.24, 2.45) is 0 Å². The van der Waals surface area contributed by atoms with Gasteiger partial charge in [-0.05, 0) is 24.3 Å². The Morgan fingerprint density at radius 2 is 2.00 bits per heavy atom. The molecule has 0 saturated carbocycles. The van der Waals surface area contributed by atoms with Crippen LogP contribution >= 0.6 is 0 Å². The lowest BCUT2D eigenvalue weighted by Gasteiger charge is -2.06. The molecule has 1 amide bonds. The van der Waals surface area contributed by atoms with E-state index in [4.69, 9.17) is 9.84 Å². The number of aromatic nitrogens is 1. The number of rotatable bonds is 4. The minimum absolute atomic E-state index is 0.00782. The standard InChI is InChI=1S/C14H12N2O4/c1-20-12-4-2-3-9(6-12)13(17)16-11-5-10(14(18)19)7-15-8-11/h2-8H,1H3,(H,16,17)(H,18,19). The van der Waals surface area contributed by atoms with E-state index in [1.807, 2.05) is 0 Å². The smallest absolute Gasteiger partial charge is 0.337 e. The van der Waals surface area contributed by atoms with Gasteiger partial charge in [-0.25, -0.2) is 4.79 Å². The topological polar surface area (TPSA) is 88.5 Å². The highest BCUT2D eigenvalue weighted by Crippen LogP contribution is 2.15. The number of benzene rings is 1. The Bertz CT molecular complexity index is 655. The minimum atomic E-state index is -1.10. The Balaban J connectivity index is 2.18. The van der Waals surface area contributed by atoms with E-state index in [1.54, 1.807) is 24.3 Å². The summed E-state index contributed by atoms with van der Waals surface area (Å²) < 4.78 is 5.04. The fourth-order valence-electron chi connectivity index (χ4n) is 1.59. The quantitative estimate of drug-likeness (QED) is 0.889. The van der Waals surface area contributed by atoms with E-state index in [2.05, 4.69) is 10.3 Å². The number of anilines is 1. The molecule has 1 heterocycles. The first-order chi connectivity index (χ1) is 9.60. The lowest BCUT2D eigenvalue weighted by molar-refractivity contribution is 0.0696. The first-order valence-electron chi connectivity index (χ1n) is 5.74. The molecule has 0 aliphatic carbocycles. The van der Waals surface area contributed by atoms with Crippen molar-refractivity contribution in [3.63, 3.8) is 0 Å². The normalized spacial score (nSPS) is 9.85.